The van der Waals surface area contributed by atoms with E-state index in [1.165, 1.54) is 45.3 Å². The van der Waals surface area contributed by atoms with Crippen LogP contribution in [0, 0.1) is 5.92 Å². The van der Waals surface area contributed by atoms with Crippen molar-refractivity contribution in [2.24, 2.45) is 5.92 Å². The van der Waals surface area contributed by atoms with Crippen molar-refractivity contribution in [1.82, 2.24) is 10.2 Å². The predicted molar refractivity (Wildman–Crippen MR) is 81.1 cm³/mol. The monoisotopic (exact) mass is 266 g/mol. The van der Waals surface area contributed by atoms with Crippen molar-refractivity contribution in [2.45, 2.75) is 51.9 Å². The Morgan fingerprint density at radius 3 is 3.00 bits per heavy atom. The Morgan fingerprint density at radius 2 is 2.26 bits per heavy atom. The first-order chi connectivity index (χ1) is 9.26. The third kappa shape index (κ3) is 7.36. The molecule has 19 heavy (non-hydrogen) atoms. The van der Waals surface area contributed by atoms with Gasteiger partial charge < -0.3 is 10.2 Å². The van der Waals surface area contributed by atoms with Gasteiger partial charge in [0.05, 0.1) is 0 Å². The van der Waals surface area contributed by atoms with E-state index in [-0.39, 0.29) is 5.91 Å². The number of carbonyl (C=O) groups excluding carboxylic acids is 1. The Labute approximate surface area is 118 Å². The number of nitrogens with one attached hydrogen (secondary N) is 1. The molecule has 1 saturated heterocycles. The Morgan fingerprint density at radius 1 is 1.42 bits per heavy atom. The first-order valence-corrected chi connectivity index (χ1v) is 7.84. The number of hydrogen-bond donors (Lipinski definition) is 1. The molecule has 1 rings (SSSR count). The number of allylic oxidation sites excluding steroid dienone is 2. The van der Waals surface area contributed by atoms with Crippen molar-refractivity contribution in [2.75, 3.05) is 26.7 Å². The molecule has 1 N–H and O–H groups in total. The summed E-state index contributed by atoms with van der Waals surface area (Å²) in [5.74, 6) is 0.902. The molecule has 1 heterocycles. The van der Waals surface area contributed by atoms with Crippen LogP contribution >= 0.6 is 0 Å². The van der Waals surface area contributed by atoms with Crippen LogP contribution in [-0.2, 0) is 4.79 Å². The maximum absolute atomic E-state index is 11.3. The lowest BCUT2D eigenvalue weighted by molar-refractivity contribution is -0.121. The summed E-state index contributed by atoms with van der Waals surface area (Å²) in [7, 11) is 1.72. The number of rotatable bonds is 8. The van der Waals surface area contributed by atoms with E-state index in [2.05, 4.69) is 29.3 Å². The van der Waals surface area contributed by atoms with Gasteiger partial charge in [-0.1, -0.05) is 19.1 Å². The minimum absolute atomic E-state index is 0.182. The second kappa shape index (κ2) is 10.0. The summed E-state index contributed by atoms with van der Waals surface area (Å²) in [6, 6.07) is 0. The van der Waals surface area contributed by atoms with Crippen LogP contribution in [0.3, 0.4) is 0 Å². The predicted octanol–water partition coefficient (Wildman–Crippen LogP) is 2.97. The number of hydrogen-bond acceptors (Lipinski definition) is 2. The minimum atomic E-state index is 0.182. The number of amides is 1. The Kier molecular flexibility index (Phi) is 8.55. The highest BCUT2D eigenvalue weighted by atomic mass is 16.1. The molecular formula is C16H30N2O. The van der Waals surface area contributed by atoms with Crippen LogP contribution in [0.25, 0.3) is 0 Å². The zero-order valence-corrected chi connectivity index (χ0v) is 12.7. The van der Waals surface area contributed by atoms with Gasteiger partial charge in [-0.2, -0.15) is 0 Å². The van der Waals surface area contributed by atoms with Crippen molar-refractivity contribution in [3.63, 3.8) is 0 Å². The van der Waals surface area contributed by atoms with Crippen molar-refractivity contribution in [3.05, 3.63) is 12.2 Å². The molecule has 0 saturated carbocycles. The molecule has 1 unspecified atom stereocenters. The molecule has 0 spiro atoms. The molecule has 0 aromatic heterocycles. The van der Waals surface area contributed by atoms with Crippen LogP contribution in [-0.4, -0.2) is 37.5 Å². The van der Waals surface area contributed by atoms with Crippen LogP contribution < -0.4 is 5.32 Å². The summed E-state index contributed by atoms with van der Waals surface area (Å²) in [4.78, 5) is 13.9. The van der Waals surface area contributed by atoms with E-state index in [0.717, 1.165) is 18.8 Å². The Bertz CT molecular complexity index is 276. The molecule has 3 heteroatoms. The SMILES string of the molecule is CC/C=C\CCCN1CCCC(CCC(=O)NC)C1. The quantitative estimate of drug-likeness (QED) is 0.541. The van der Waals surface area contributed by atoms with Gasteiger partial charge in [-0.15, -0.1) is 0 Å². The number of carbonyl (C=O) groups is 1. The zero-order valence-electron chi connectivity index (χ0n) is 12.7. The molecule has 1 atom stereocenters. The van der Waals surface area contributed by atoms with Gasteiger partial charge in [0.1, 0.15) is 0 Å². The molecule has 0 radical (unpaired) electrons. The van der Waals surface area contributed by atoms with E-state index < -0.39 is 0 Å². The Hall–Kier alpha value is -0.830. The summed E-state index contributed by atoms with van der Waals surface area (Å²) in [6.07, 6.45) is 12.5. The van der Waals surface area contributed by atoms with Crippen molar-refractivity contribution >= 4 is 5.91 Å². The van der Waals surface area contributed by atoms with Crippen molar-refractivity contribution in [1.29, 1.82) is 0 Å². The van der Waals surface area contributed by atoms with Gasteiger partial charge >= 0.3 is 0 Å². The fourth-order valence-corrected chi connectivity index (χ4v) is 2.77. The normalized spacial score (nSPS) is 20.8. The van der Waals surface area contributed by atoms with E-state index in [4.69, 9.17) is 0 Å². The van der Waals surface area contributed by atoms with E-state index in [1.807, 2.05) is 0 Å². The molecule has 1 aliphatic heterocycles. The van der Waals surface area contributed by atoms with Crippen molar-refractivity contribution < 1.29 is 4.79 Å². The number of piperidine rings is 1. The second-order valence-electron chi connectivity index (χ2n) is 5.54. The van der Waals surface area contributed by atoms with E-state index in [0.29, 0.717) is 6.42 Å². The smallest absolute Gasteiger partial charge is 0.219 e. The highest BCUT2D eigenvalue weighted by Crippen LogP contribution is 2.21. The average molecular weight is 266 g/mol. The first kappa shape index (κ1) is 16.2. The summed E-state index contributed by atoms with van der Waals surface area (Å²) in [5, 5.41) is 2.71. The third-order valence-electron chi connectivity index (χ3n) is 3.91. The topological polar surface area (TPSA) is 32.3 Å². The van der Waals surface area contributed by atoms with Gasteiger partial charge in [-0.25, -0.2) is 0 Å². The van der Waals surface area contributed by atoms with Crippen LogP contribution in [0.15, 0.2) is 12.2 Å². The van der Waals surface area contributed by atoms with Gasteiger partial charge in [0.25, 0.3) is 0 Å². The molecule has 0 bridgehead atoms. The molecule has 0 aliphatic carbocycles. The Balaban J connectivity index is 2.15. The van der Waals surface area contributed by atoms with Crippen LogP contribution in [0.5, 0.6) is 0 Å². The van der Waals surface area contributed by atoms with Gasteiger partial charge in [-0.3, -0.25) is 4.79 Å². The summed E-state index contributed by atoms with van der Waals surface area (Å²) in [6.45, 7) is 5.82. The van der Waals surface area contributed by atoms with Gasteiger partial charge in [-0.05, 0) is 57.5 Å². The molecule has 110 valence electrons. The molecule has 1 aliphatic rings. The lowest BCUT2D eigenvalue weighted by Crippen LogP contribution is -2.36. The lowest BCUT2D eigenvalue weighted by Gasteiger charge is -2.32. The van der Waals surface area contributed by atoms with Gasteiger partial charge in [0.2, 0.25) is 5.91 Å². The number of nitrogens with zero attached hydrogens (tertiary/aromatic N) is 1. The zero-order chi connectivity index (χ0) is 13.9. The largest absolute Gasteiger partial charge is 0.359 e. The maximum Gasteiger partial charge on any atom is 0.219 e. The van der Waals surface area contributed by atoms with Gasteiger partial charge in [0, 0.05) is 20.0 Å². The molecule has 0 aromatic carbocycles. The van der Waals surface area contributed by atoms with Gasteiger partial charge in [0.15, 0.2) is 0 Å². The highest BCUT2D eigenvalue weighted by molar-refractivity contribution is 5.75. The second-order valence-corrected chi connectivity index (χ2v) is 5.54. The fourth-order valence-electron chi connectivity index (χ4n) is 2.77. The van der Waals surface area contributed by atoms with E-state index in [1.54, 1.807) is 7.05 Å². The molecule has 1 amide bonds. The average Bonchev–Trinajstić information content (AvgIpc) is 2.45. The van der Waals surface area contributed by atoms with Crippen LogP contribution in [0.4, 0.5) is 0 Å². The van der Waals surface area contributed by atoms with Crippen LogP contribution in [0.2, 0.25) is 0 Å². The maximum atomic E-state index is 11.3. The summed E-state index contributed by atoms with van der Waals surface area (Å²) >= 11 is 0. The third-order valence-corrected chi connectivity index (χ3v) is 3.91. The highest BCUT2D eigenvalue weighted by Gasteiger charge is 2.19. The van der Waals surface area contributed by atoms with Crippen LogP contribution in [0.1, 0.15) is 51.9 Å². The van der Waals surface area contributed by atoms with Crippen molar-refractivity contribution in [3.8, 4) is 0 Å². The molecule has 1 fully saturated rings. The molecular weight excluding hydrogens is 236 g/mol. The molecule has 3 nitrogen and oxygen atoms in total. The van der Waals surface area contributed by atoms with E-state index >= 15 is 0 Å². The number of unbranched alkanes of at least 4 members (excludes halogenated alkanes) is 1. The van der Waals surface area contributed by atoms with E-state index in [9.17, 15) is 4.79 Å². The molecule has 0 aromatic rings. The number of likely N-dealkylation sites (tertiary alicyclic amines) is 1. The standard InChI is InChI=1S/C16H30N2O/c1-3-4-5-6-7-12-18-13-8-9-15(14-18)10-11-16(19)17-2/h4-5,15H,3,6-14H2,1-2H3,(H,17,19)/b5-4-. The summed E-state index contributed by atoms with van der Waals surface area (Å²) in [5.41, 5.74) is 0. The minimum Gasteiger partial charge on any atom is -0.359 e. The fraction of sp³-hybridized carbons (Fsp3) is 0.812. The first-order valence-electron chi connectivity index (χ1n) is 7.84. The summed E-state index contributed by atoms with van der Waals surface area (Å²) < 4.78 is 0. The lowest BCUT2D eigenvalue weighted by atomic mass is 9.93.